The molecule has 1 aromatic carbocycles. The van der Waals surface area contributed by atoms with Gasteiger partial charge in [-0.15, -0.1) is 0 Å². The van der Waals surface area contributed by atoms with Crippen molar-refractivity contribution in [1.29, 1.82) is 0 Å². The summed E-state index contributed by atoms with van der Waals surface area (Å²) in [5.74, 6) is -0.0489. The summed E-state index contributed by atoms with van der Waals surface area (Å²) in [5, 5.41) is 2.72. The van der Waals surface area contributed by atoms with Crippen molar-refractivity contribution >= 4 is 18.0 Å². The minimum absolute atomic E-state index is 0.122. The van der Waals surface area contributed by atoms with Gasteiger partial charge in [-0.25, -0.2) is 4.79 Å². The standard InChI is InChI=1S/C21H32N2O6/c1-21(2,3)29-20(26)23-16(11-12-18(22)24)14-28-17-9-5-7-15(13-17)8-6-10-19(25)27-4/h5,7,9,13,16H,6,8,10-12,14H2,1-4H3,(H2,22,24)(H,23,26)/t16-/m0/s1. The van der Waals surface area contributed by atoms with Crippen molar-refractivity contribution in [2.45, 2.75) is 64.5 Å². The van der Waals surface area contributed by atoms with Crippen molar-refractivity contribution in [2.24, 2.45) is 5.73 Å². The number of hydrogen-bond acceptors (Lipinski definition) is 6. The summed E-state index contributed by atoms with van der Waals surface area (Å²) in [4.78, 5) is 34.4. The third-order valence-corrected chi connectivity index (χ3v) is 3.88. The van der Waals surface area contributed by atoms with Crippen molar-refractivity contribution in [3.05, 3.63) is 29.8 Å². The number of methoxy groups -OCH3 is 1. The third-order valence-electron chi connectivity index (χ3n) is 3.88. The average Bonchev–Trinajstić information content (AvgIpc) is 2.62. The summed E-state index contributed by atoms with van der Waals surface area (Å²) in [5.41, 5.74) is 5.62. The second-order valence-corrected chi connectivity index (χ2v) is 7.74. The molecule has 0 aromatic heterocycles. The molecule has 1 rings (SSSR count). The van der Waals surface area contributed by atoms with Gasteiger partial charge in [0.1, 0.15) is 18.0 Å². The second kappa shape index (κ2) is 11.9. The smallest absolute Gasteiger partial charge is 0.407 e. The Morgan fingerprint density at radius 3 is 2.52 bits per heavy atom. The molecule has 8 heteroatoms. The summed E-state index contributed by atoms with van der Waals surface area (Å²) in [6.07, 6.45) is 1.64. The molecule has 0 bridgehead atoms. The summed E-state index contributed by atoms with van der Waals surface area (Å²) in [6, 6.07) is 7.08. The van der Waals surface area contributed by atoms with Crippen molar-refractivity contribution in [1.82, 2.24) is 5.32 Å². The molecule has 2 amide bonds. The Balaban J connectivity index is 2.62. The molecule has 1 atom stereocenters. The molecule has 0 radical (unpaired) electrons. The molecule has 0 aliphatic heterocycles. The molecular weight excluding hydrogens is 376 g/mol. The summed E-state index contributed by atoms with van der Waals surface area (Å²) >= 11 is 0. The molecule has 0 saturated carbocycles. The van der Waals surface area contributed by atoms with Crippen LogP contribution in [0.25, 0.3) is 0 Å². The number of alkyl carbamates (subject to hydrolysis) is 1. The molecule has 0 heterocycles. The number of amides is 2. The van der Waals surface area contributed by atoms with E-state index in [1.807, 2.05) is 24.3 Å². The SMILES string of the molecule is COC(=O)CCCc1cccc(OC[C@H](CCC(N)=O)NC(=O)OC(C)(C)C)c1. The zero-order valence-electron chi connectivity index (χ0n) is 17.7. The predicted octanol–water partition coefficient (Wildman–Crippen LogP) is 2.72. The van der Waals surface area contributed by atoms with Gasteiger partial charge in [-0.3, -0.25) is 9.59 Å². The first kappa shape index (κ1) is 24.3. The highest BCUT2D eigenvalue weighted by Gasteiger charge is 2.20. The highest BCUT2D eigenvalue weighted by Crippen LogP contribution is 2.16. The first-order chi connectivity index (χ1) is 13.6. The van der Waals surface area contributed by atoms with Crippen LogP contribution >= 0.6 is 0 Å². The topological polar surface area (TPSA) is 117 Å². The number of carbonyl (C=O) groups excluding carboxylic acids is 3. The van der Waals surface area contributed by atoms with Crippen molar-refractivity contribution in [3.63, 3.8) is 0 Å². The van der Waals surface area contributed by atoms with Crippen molar-refractivity contribution in [3.8, 4) is 5.75 Å². The van der Waals surface area contributed by atoms with Crippen LogP contribution in [0.5, 0.6) is 5.75 Å². The molecule has 0 fully saturated rings. The van der Waals surface area contributed by atoms with Crippen LogP contribution in [0, 0.1) is 0 Å². The molecule has 29 heavy (non-hydrogen) atoms. The van der Waals surface area contributed by atoms with Crippen LogP contribution in [0.2, 0.25) is 0 Å². The Morgan fingerprint density at radius 2 is 1.90 bits per heavy atom. The molecule has 0 aliphatic carbocycles. The second-order valence-electron chi connectivity index (χ2n) is 7.74. The number of esters is 1. The quantitative estimate of drug-likeness (QED) is 0.544. The summed E-state index contributed by atoms with van der Waals surface area (Å²) in [7, 11) is 1.37. The first-order valence-corrected chi connectivity index (χ1v) is 9.65. The third kappa shape index (κ3) is 11.6. The highest BCUT2D eigenvalue weighted by molar-refractivity contribution is 5.74. The Hall–Kier alpha value is -2.77. The molecule has 8 nitrogen and oxygen atoms in total. The van der Waals surface area contributed by atoms with E-state index in [9.17, 15) is 14.4 Å². The fourth-order valence-corrected chi connectivity index (χ4v) is 2.51. The lowest BCUT2D eigenvalue weighted by molar-refractivity contribution is -0.140. The Kier molecular flexibility index (Phi) is 9.99. The first-order valence-electron chi connectivity index (χ1n) is 9.65. The number of ether oxygens (including phenoxy) is 3. The normalized spacial score (nSPS) is 12.0. The fraction of sp³-hybridized carbons (Fsp3) is 0.571. The van der Waals surface area contributed by atoms with Crippen LogP contribution in [0.1, 0.15) is 52.0 Å². The fourth-order valence-electron chi connectivity index (χ4n) is 2.51. The van der Waals surface area contributed by atoms with Crippen LogP contribution in [0.4, 0.5) is 4.79 Å². The van der Waals surface area contributed by atoms with Gasteiger partial charge in [-0.2, -0.15) is 0 Å². The van der Waals surface area contributed by atoms with E-state index < -0.39 is 23.6 Å². The number of nitrogens with two attached hydrogens (primary N) is 1. The van der Waals surface area contributed by atoms with Gasteiger partial charge >= 0.3 is 12.1 Å². The van der Waals surface area contributed by atoms with Gasteiger partial charge in [-0.05, 0) is 57.7 Å². The number of aryl methyl sites for hydroxylation is 1. The van der Waals surface area contributed by atoms with E-state index in [1.165, 1.54) is 7.11 Å². The molecule has 0 saturated heterocycles. The molecule has 3 N–H and O–H groups in total. The average molecular weight is 408 g/mol. The molecule has 162 valence electrons. The van der Waals surface area contributed by atoms with E-state index in [4.69, 9.17) is 15.2 Å². The predicted molar refractivity (Wildman–Crippen MR) is 108 cm³/mol. The van der Waals surface area contributed by atoms with Crippen LogP contribution in [-0.4, -0.2) is 43.3 Å². The maximum absolute atomic E-state index is 12.0. The molecule has 0 aliphatic rings. The largest absolute Gasteiger partial charge is 0.491 e. The van der Waals surface area contributed by atoms with E-state index in [1.54, 1.807) is 20.8 Å². The van der Waals surface area contributed by atoms with Crippen molar-refractivity contribution < 1.29 is 28.6 Å². The maximum atomic E-state index is 12.0. The Morgan fingerprint density at radius 1 is 1.17 bits per heavy atom. The number of rotatable bonds is 11. The molecule has 1 aromatic rings. The monoisotopic (exact) mass is 408 g/mol. The lowest BCUT2D eigenvalue weighted by Crippen LogP contribution is -2.42. The minimum atomic E-state index is -0.627. The highest BCUT2D eigenvalue weighted by atomic mass is 16.6. The van der Waals surface area contributed by atoms with E-state index in [0.29, 0.717) is 31.4 Å². The zero-order valence-corrected chi connectivity index (χ0v) is 17.7. The van der Waals surface area contributed by atoms with E-state index in [2.05, 4.69) is 10.1 Å². The van der Waals surface area contributed by atoms with Crippen LogP contribution in [0.15, 0.2) is 24.3 Å². The van der Waals surface area contributed by atoms with Crippen LogP contribution < -0.4 is 15.8 Å². The zero-order chi connectivity index (χ0) is 21.9. The lowest BCUT2D eigenvalue weighted by atomic mass is 10.1. The van der Waals surface area contributed by atoms with Gasteiger partial charge < -0.3 is 25.3 Å². The number of benzene rings is 1. The summed E-state index contributed by atoms with van der Waals surface area (Å²) in [6.45, 7) is 5.48. The number of nitrogens with one attached hydrogen (secondary N) is 1. The lowest BCUT2D eigenvalue weighted by Gasteiger charge is -2.23. The van der Waals surface area contributed by atoms with E-state index in [-0.39, 0.29) is 19.0 Å². The Bertz CT molecular complexity index is 684. The minimum Gasteiger partial charge on any atom is -0.491 e. The number of carbonyl (C=O) groups is 3. The van der Waals surface area contributed by atoms with Gasteiger partial charge in [-0.1, -0.05) is 12.1 Å². The van der Waals surface area contributed by atoms with Crippen LogP contribution in [0.3, 0.4) is 0 Å². The van der Waals surface area contributed by atoms with Gasteiger partial charge in [0, 0.05) is 12.8 Å². The number of primary amides is 1. The molecular formula is C21H32N2O6. The Labute approximate surface area is 172 Å². The maximum Gasteiger partial charge on any atom is 0.407 e. The van der Waals surface area contributed by atoms with Gasteiger partial charge in [0.05, 0.1) is 13.2 Å². The van der Waals surface area contributed by atoms with E-state index in [0.717, 1.165) is 5.56 Å². The van der Waals surface area contributed by atoms with Crippen molar-refractivity contribution in [2.75, 3.05) is 13.7 Å². The van der Waals surface area contributed by atoms with Gasteiger partial charge in [0.25, 0.3) is 0 Å². The number of hydrogen-bond donors (Lipinski definition) is 2. The molecule has 0 spiro atoms. The van der Waals surface area contributed by atoms with E-state index >= 15 is 0 Å². The summed E-state index contributed by atoms with van der Waals surface area (Å²) < 4.78 is 15.7. The van der Waals surface area contributed by atoms with Crippen LogP contribution in [-0.2, 0) is 25.5 Å². The molecule has 0 unspecified atom stereocenters. The van der Waals surface area contributed by atoms with Gasteiger partial charge in [0.2, 0.25) is 5.91 Å². The van der Waals surface area contributed by atoms with Gasteiger partial charge in [0.15, 0.2) is 0 Å².